The summed E-state index contributed by atoms with van der Waals surface area (Å²) in [6, 6.07) is 6.08. The summed E-state index contributed by atoms with van der Waals surface area (Å²) in [6.07, 6.45) is -9.33. The van der Waals surface area contributed by atoms with Crippen molar-refractivity contribution in [3.8, 4) is 5.75 Å². The maximum atomic E-state index is 14.3. The number of hydrogen-bond donors (Lipinski definition) is 3. The first-order valence-corrected chi connectivity index (χ1v) is 14.5. The Morgan fingerprint density at radius 2 is 1.90 bits per heavy atom. The van der Waals surface area contributed by atoms with Crippen LogP contribution in [0.2, 0.25) is 0 Å². The lowest BCUT2D eigenvalue weighted by atomic mass is 10.1. The molecule has 2 aromatic rings. The minimum Gasteiger partial charge on any atom is -0.464 e. The summed E-state index contributed by atoms with van der Waals surface area (Å²) in [4.78, 5) is 37.8. The molecule has 0 amide bonds. The molecule has 3 rings (SSSR count). The van der Waals surface area contributed by atoms with Crippen LogP contribution in [0, 0.1) is 11.7 Å². The summed E-state index contributed by atoms with van der Waals surface area (Å²) < 4.78 is 78.2. The van der Waals surface area contributed by atoms with Crippen LogP contribution in [0.5, 0.6) is 5.75 Å². The van der Waals surface area contributed by atoms with Gasteiger partial charge in [-0.25, -0.2) is 18.1 Å². The Kier molecular flexibility index (Phi) is 11.3. The summed E-state index contributed by atoms with van der Waals surface area (Å²) in [5.74, 6) is -2.13. The van der Waals surface area contributed by atoms with Gasteiger partial charge in [0.05, 0.1) is 18.9 Å². The average molecular weight is 608 g/mol. The summed E-state index contributed by atoms with van der Waals surface area (Å²) in [6.45, 7) is 5.23. The number of benzene rings is 1. The van der Waals surface area contributed by atoms with Gasteiger partial charge in [0.1, 0.15) is 24.1 Å². The van der Waals surface area contributed by atoms with Crippen LogP contribution in [0.15, 0.2) is 46.1 Å². The van der Waals surface area contributed by atoms with Gasteiger partial charge in [0, 0.05) is 6.42 Å². The van der Waals surface area contributed by atoms with Crippen LogP contribution in [0.25, 0.3) is 0 Å². The molecule has 228 valence electrons. The van der Waals surface area contributed by atoms with Gasteiger partial charge in [-0.3, -0.25) is 23.7 Å². The summed E-state index contributed by atoms with van der Waals surface area (Å²) >= 11 is 0. The summed E-state index contributed by atoms with van der Waals surface area (Å²) in [5.41, 5.74) is -2.41. The molecule has 1 aromatic carbocycles. The lowest BCUT2D eigenvalue weighted by Crippen LogP contribution is -2.44. The Bertz CT molecular complexity index is 1320. The molecule has 1 fully saturated rings. The largest absolute Gasteiger partial charge is 0.464 e. The second kappa shape index (κ2) is 14.3. The first-order chi connectivity index (χ1) is 19.4. The van der Waals surface area contributed by atoms with Crippen molar-refractivity contribution < 1.29 is 46.2 Å². The Balaban J connectivity index is 1.85. The predicted octanol–water partition coefficient (Wildman–Crippen LogP) is 3.12. The van der Waals surface area contributed by atoms with E-state index >= 15 is 0 Å². The van der Waals surface area contributed by atoms with Crippen molar-refractivity contribution in [1.82, 2.24) is 14.6 Å². The second-order valence-corrected chi connectivity index (χ2v) is 11.1. The van der Waals surface area contributed by atoms with Gasteiger partial charge < -0.3 is 19.1 Å². The smallest absolute Gasteiger partial charge is 0.460 e. The highest BCUT2D eigenvalue weighted by Gasteiger charge is 2.49. The highest BCUT2D eigenvalue weighted by atomic mass is 31.2. The van der Waals surface area contributed by atoms with Crippen molar-refractivity contribution in [2.24, 2.45) is 5.92 Å². The van der Waals surface area contributed by atoms with Crippen molar-refractivity contribution in [1.29, 1.82) is 0 Å². The van der Waals surface area contributed by atoms with Crippen molar-refractivity contribution in [3.63, 3.8) is 0 Å². The van der Waals surface area contributed by atoms with Crippen LogP contribution in [0.1, 0.15) is 46.3 Å². The van der Waals surface area contributed by atoms with E-state index < -0.39 is 74.2 Å². The average Bonchev–Trinajstić information content (AvgIpc) is 3.30. The number of ether oxygens (including phenoxy) is 2. The summed E-state index contributed by atoms with van der Waals surface area (Å²) in [5, 5.41) is 12.8. The van der Waals surface area contributed by atoms with E-state index in [9.17, 15) is 37.2 Å². The molecule has 16 heteroatoms. The summed E-state index contributed by atoms with van der Waals surface area (Å²) in [7, 11) is -4.82. The number of aliphatic hydroxyl groups excluding tert-OH is 1. The van der Waals surface area contributed by atoms with E-state index in [1.54, 1.807) is 11.1 Å². The van der Waals surface area contributed by atoms with E-state index in [-0.39, 0.29) is 18.3 Å². The van der Waals surface area contributed by atoms with Gasteiger partial charge in [0.25, 0.3) is 12.0 Å². The zero-order chi connectivity index (χ0) is 30.3. The van der Waals surface area contributed by atoms with Crippen LogP contribution in [-0.4, -0.2) is 58.0 Å². The van der Waals surface area contributed by atoms with Crippen LogP contribution in [-0.2, 0) is 23.4 Å². The van der Waals surface area contributed by atoms with E-state index in [1.165, 1.54) is 31.2 Å². The number of rotatable bonds is 14. The zero-order valence-corrected chi connectivity index (χ0v) is 23.5. The van der Waals surface area contributed by atoms with Crippen molar-refractivity contribution in [3.05, 3.63) is 63.2 Å². The predicted molar refractivity (Wildman–Crippen MR) is 139 cm³/mol. The molecule has 41 heavy (non-hydrogen) atoms. The molecule has 0 saturated carbocycles. The first-order valence-electron chi connectivity index (χ1n) is 13.0. The van der Waals surface area contributed by atoms with Gasteiger partial charge in [0.2, 0.25) is 5.82 Å². The number of hydrogen-bond acceptors (Lipinski definition) is 9. The Morgan fingerprint density at radius 1 is 1.24 bits per heavy atom. The van der Waals surface area contributed by atoms with Gasteiger partial charge in [-0.2, -0.15) is 9.48 Å². The number of aliphatic hydroxyl groups is 1. The number of alkyl halides is 2. The van der Waals surface area contributed by atoms with E-state index in [4.69, 9.17) is 18.5 Å². The topological polar surface area (TPSA) is 158 Å². The quantitative estimate of drug-likeness (QED) is 0.215. The third kappa shape index (κ3) is 8.52. The standard InChI is InChI=1S/C25H33F3N3O9P/c1-4-15(5-2)13-37-24(34)14(3)30-41(36,39-16-9-7-6-8-10-16)40-21(22(27)28)20-18(32)11-19(38-20)31-12-17(26)23(33)29-25(31)35/h6-10,12,14-15,18-22,32H,4-5,11,13H2,1-3H3,(H,30,36)(H,29,33,35)/t14-,18?,19+,20-,21-,41+/m0/s1. The second-order valence-electron chi connectivity index (χ2n) is 9.47. The number of carbonyl (C=O) groups excluding carboxylic acids is 1. The maximum Gasteiger partial charge on any atom is 0.460 e. The van der Waals surface area contributed by atoms with Gasteiger partial charge in [-0.1, -0.05) is 44.9 Å². The monoisotopic (exact) mass is 607 g/mol. The fourth-order valence-electron chi connectivity index (χ4n) is 4.07. The van der Waals surface area contributed by atoms with Gasteiger partial charge in [0.15, 0.2) is 6.10 Å². The van der Waals surface area contributed by atoms with Gasteiger partial charge >= 0.3 is 19.4 Å². The molecular formula is C25H33F3N3O9P. The number of carbonyl (C=O) groups is 1. The fraction of sp³-hybridized carbons (Fsp3) is 0.560. The van der Waals surface area contributed by atoms with Crippen LogP contribution < -0.4 is 20.9 Å². The molecule has 0 bridgehead atoms. The van der Waals surface area contributed by atoms with E-state index in [0.717, 1.165) is 12.8 Å². The molecule has 1 aliphatic rings. The number of aromatic nitrogens is 2. The number of nitrogens with zero attached hydrogens (tertiary/aromatic N) is 1. The molecule has 0 aliphatic carbocycles. The lowest BCUT2D eigenvalue weighted by molar-refractivity contribution is -0.147. The molecule has 1 aliphatic heterocycles. The first kappa shape index (κ1) is 32.5. The molecule has 0 radical (unpaired) electrons. The highest BCUT2D eigenvalue weighted by Crippen LogP contribution is 2.49. The number of para-hydroxylation sites is 1. The number of esters is 1. The molecule has 3 N–H and O–H groups in total. The van der Waals surface area contributed by atoms with Gasteiger partial charge in [-0.05, 0) is 25.0 Å². The van der Waals surface area contributed by atoms with Crippen molar-refractivity contribution in [2.45, 2.75) is 77.0 Å². The number of nitrogens with one attached hydrogen (secondary N) is 2. The van der Waals surface area contributed by atoms with Crippen LogP contribution in [0.4, 0.5) is 13.2 Å². The minimum atomic E-state index is -4.82. The van der Waals surface area contributed by atoms with E-state index in [0.29, 0.717) is 10.8 Å². The molecular weight excluding hydrogens is 574 g/mol. The number of halogens is 3. The molecule has 6 atom stereocenters. The van der Waals surface area contributed by atoms with Crippen LogP contribution in [0.3, 0.4) is 0 Å². The third-order valence-electron chi connectivity index (χ3n) is 6.49. The zero-order valence-electron chi connectivity index (χ0n) is 22.6. The molecule has 1 aromatic heterocycles. The Morgan fingerprint density at radius 3 is 2.51 bits per heavy atom. The van der Waals surface area contributed by atoms with Crippen LogP contribution >= 0.6 is 7.75 Å². The van der Waals surface area contributed by atoms with E-state index in [1.807, 2.05) is 13.8 Å². The van der Waals surface area contributed by atoms with Crippen molar-refractivity contribution >= 4 is 13.7 Å². The van der Waals surface area contributed by atoms with E-state index in [2.05, 4.69) is 5.09 Å². The normalized spacial score (nSPS) is 21.9. The SMILES string of the molecule is CCC(CC)COC(=O)[C@H](C)N[P@@](=O)(Oc1ccccc1)O[C@H](C(F)F)[C@H]1O[C@@H](n2cc(F)c(=O)[nH]c2=O)CC1O. The molecule has 1 unspecified atom stereocenters. The number of aromatic amines is 1. The maximum absolute atomic E-state index is 14.3. The molecule has 12 nitrogen and oxygen atoms in total. The fourth-order valence-corrected chi connectivity index (χ4v) is 5.73. The minimum absolute atomic E-state index is 0.0463. The molecule has 0 spiro atoms. The number of H-pyrrole nitrogens is 1. The molecule has 2 heterocycles. The van der Waals surface area contributed by atoms with Gasteiger partial charge in [-0.15, -0.1) is 0 Å². The Labute approximate surface area is 233 Å². The highest BCUT2D eigenvalue weighted by molar-refractivity contribution is 7.52. The third-order valence-corrected chi connectivity index (χ3v) is 8.17. The Hall–Kier alpha value is -2.97. The molecule has 1 saturated heterocycles. The lowest BCUT2D eigenvalue weighted by Gasteiger charge is -2.30. The van der Waals surface area contributed by atoms with Crippen molar-refractivity contribution in [2.75, 3.05) is 6.61 Å².